The van der Waals surface area contributed by atoms with Crippen LogP contribution in [0.25, 0.3) is 0 Å². The zero-order valence-electron chi connectivity index (χ0n) is 11.7. The van der Waals surface area contributed by atoms with Crippen LogP contribution in [-0.2, 0) is 13.1 Å². The minimum atomic E-state index is 0.142. The van der Waals surface area contributed by atoms with Crippen molar-refractivity contribution < 1.29 is 5.11 Å². The van der Waals surface area contributed by atoms with Crippen LogP contribution in [-0.4, -0.2) is 52.6 Å². The first-order valence-corrected chi connectivity index (χ1v) is 7.44. The first kappa shape index (κ1) is 14.5. The van der Waals surface area contributed by atoms with Gasteiger partial charge < -0.3 is 15.3 Å². The summed E-state index contributed by atoms with van der Waals surface area (Å²) in [6.45, 7) is 6.28. The van der Waals surface area contributed by atoms with Crippen LogP contribution < -0.4 is 5.32 Å². The van der Waals surface area contributed by atoms with Crippen molar-refractivity contribution in [2.24, 2.45) is 0 Å². The average molecular weight is 266 g/mol. The second-order valence-corrected chi connectivity index (χ2v) is 5.27. The third kappa shape index (κ3) is 5.30. The van der Waals surface area contributed by atoms with E-state index in [1.165, 1.54) is 44.3 Å². The van der Waals surface area contributed by atoms with Crippen LogP contribution in [0, 0.1) is 0 Å². The Morgan fingerprint density at radius 2 is 1.95 bits per heavy atom. The monoisotopic (exact) mass is 266 g/mol. The number of aromatic nitrogens is 2. The predicted molar refractivity (Wildman–Crippen MR) is 75.9 cm³/mol. The van der Waals surface area contributed by atoms with Crippen molar-refractivity contribution in [3.8, 4) is 0 Å². The molecule has 1 fully saturated rings. The van der Waals surface area contributed by atoms with Crippen molar-refractivity contribution in [2.45, 2.75) is 38.8 Å². The van der Waals surface area contributed by atoms with E-state index in [1.807, 2.05) is 12.4 Å². The molecule has 1 saturated heterocycles. The SMILES string of the molecule is OCCn1cc(CNCCN2CCCCCC2)cn1. The third-order valence-corrected chi connectivity index (χ3v) is 3.65. The van der Waals surface area contributed by atoms with Crippen LogP contribution in [0.15, 0.2) is 12.4 Å². The summed E-state index contributed by atoms with van der Waals surface area (Å²) >= 11 is 0. The zero-order chi connectivity index (χ0) is 13.3. The minimum Gasteiger partial charge on any atom is -0.394 e. The first-order chi connectivity index (χ1) is 9.38. The van der Waals surface area contributed by atoms with Crippen LogP contribution in [0.2, 0.25) is 0 Å². The van der Waals surface area contributed by atoms with E-state index in [4.69, 9.17) is 5.11 Å². The van der Waals surface area contributed by atoms with Gasteiger partial charge in [-0.3, -0.25) is 4.68 Å². The van der Waals surface area contributed by atoms with Gasteiger partial charge in [0.15, 0.2) is 0 Å². The van der Waals surface area contributed by atoms with Crippen LogP contribution in [0.5, 0.6) is 0 Å². The van der Waals surface area contributed by atoms with Crippen molar-refractivity contribution >= 4 is 0 Å². The van der Waals surface area contributed by atoms with E-state index in [2.05, 4.69) is 15.3 Å². The lowest BCUT2D eigenvalue weighted by Crippen LogP contribution is -2.32. The van der Waals surface area contributed by atoms with Crippen LogP contribution in [0.4, 0.5) is 0 Å². The Morgan fingerprint density at radius 3 is 2.68 bits per heavy atom. The van der Waals surface area contributed by atoms with Gasteiger partial charge in [0, 0.05) is 31.4 Å². The van der Waals surface area contributed by atoms with Gasteiger partial charge in [0.05, 0.1) is 19.3 Å². The number of rotatable bonds is 7. The Morgan fingerprint density at radius 1 is 1.16 bits per heavy atom. The van der Waals surface area contributed by atoms with Gasteiger partial charge in [-0.05, 0) is 25.9 Å². The summed E-state index contributed by atoms with van der Waals surface area (Å²) in [5, 5.41) is 16.5. The van der Waals surface area contributed by atoms with Gasteiger partial charge in [-0.25, -0.2) is 0 Å². The molecule has 2 rings (SSSR count). The van der Waals surface area contributed by atoms with E-state index in [1.54, 1.807) is 4.68 Å². The molecule has 5 heteroatoms. The number of nitrogens with one attached hydrogen (secondary N) is 1. The summed E-state index contributed by atoms with van der Waals surface area (Å²) in [5.41, 5.74) is 1.18. The molecule has 0 unspecified atom stereocenters. The molecule has 0 aromatic carbocycles. The van der Waals surface area contributed by atoms with Gasteiger partial charge >= 0.3 is 0 Å². The molecular weight excluding hydrogens is 240 g/mol. The second kappa shape index (κ2) is 8.30. The average Bonchev–Trinajstić information content (AvgIpc) is 2.70. The molecule has 0 aliphatic carbocycles. The number of aliphatic hydroxyl groups excluding tert-OH is 1. The maximum Gasteiger partial charge on any atom is 0.0640 e. The lowest BCUT2D eigenvalue weighted by atomic mass is 10.2. The highest BCUT2D eigenvalue weighted by atomic mass is 16.3. The summed E-state index contributed by atoms with van der Waals surface area (Å²) in [6.07, 6.45) is 9.37. The maximum atomic E-state index is 8.83. The van der Waals surface area contributed by atoms with Crippen molar-refractivity contribution in [1.82, 2.24) is 20.0 Å². The van der Waals surface area contributed by atoms with Crippen molar-refractivity contribution in [2.75, 3.05) is 32.8 Å². The predicted octanol–water partition coefficient (Wildman–Crippen LogP) is 0.841. The molecule has 19 heavy (non-hydrogen) atoms. The molecule has 0 radical (unpaired) electrons. The molecule has 2 heterocycles. The van der Waals surface area contributed by atoms with Gasteiger partial charge in [-0.15, -0.1) is 0 Å². The highest BCUT2D eigenvalue weighted by Gasteiger charge is 2.07. The van der Waals surface area contributed by atoms with E-state index in [0.717, 1.165) is 19.6 Å². The molecule has 1 aliphatic heterocycles. The van der Waals surface area contributed by atoms with Gasteiger partial charge in [-0.2, -0.15) is 5.10 Å². The fourth-order valence-electron chi connectivity index (χ4n) is 2.55. The number of aliphatic hydroxyl groups is 1. The van der Waals surface area contributed by atoms with Gasteiger partial charge in [0.25, 0.3) is 0 Å². The summed E-state index contributed by atoms with van der Waals surface area (Å²) in [5.74, 6) is 0. The summed E-state index contributed by atoms with van der Waals surface area (Å²) < 4.78 is 1.78. The summed E-state index contributed by atoms with van der Waals surface area (Å²) in [7, 11) is 0. The Balaban J connectivity index is 1.60. The van der Waals surface area contributed by atoms with Gasteiger partial charge in [0.2, 0.25) is 0 Å². The van der Waals surface area contributed by atoms with Crippen molar-refractivity contribution in [1.29, 1.82) is 0 Å². The number of hydrogen-bond acceptors (Lipinski definition) is 4. The lowest BCUT2D eigenvalue weighted by Gasteiger charge is -2.19. The zero-order valence-corrected chi connectivity index (χ0v) is 11.7. The first-order valence-electron chi connectivity index (χ1n) is 7.44. The van der Waals surface area contributed by atoms with Crippen LogP contribution in [0.1, 0.15) is 31.2 Å². The molecule has 0 saturated carbocycles. The van der Waals surface area contributed by atoms with Gasteiger partial charge in [0.1, 0.15) is 0 Å². The molecule has 0 bridgehead atoms. The van der Waals surface area contributed by atoms with E-state index in [-0.39, 0.29) is 6.61 Å². The van der Waals surface area contributed by atoms with E-state index < -0.39 is 0 Å². The van der Waals surface area contributed by atoms with E-state index in [0.29, 0.717) is 6.54 Å². The van der Waals surface area contributed by atoms with Crippen molar-refractivity contribution in [3.05, 3.63) is 18.0 Å². The normalized spacial score (nSPS) is 17.5. The molecule has 5 nitrogen and oxygen atoms in total. The fourth-order valence-corrected chi connectivity index (χ4v) is 2.55. The quantitative estimate of drug-likeness (QED) is 0.718. The van der Waals surface area contributed by atoms with Crippen molar-refractivity contribution in [3.63, 3.8) is 0 Å². The molecule has 0 spiro atoms. The fraction of sp³-hybridized carbons (Fsp3) is 0.786. The van der Waals surface area contributed by atoms with Crippen LogP contribution >= 0.6 is 0 Å². The number of hydrogen-bond donors (Lipinski definition) is 2. The maximum absolute atomic E-state index is 8.83. The molecule has 1 aromatic rings. The van der Waals surface area contributed by atoms with Crippen LogP contribution in [0.3, 0.4) is 0 Å². The second-order valence-electron chi connectivity index (χ2n) is 5.27. The largest absolute Gasteiger partial charge is 0.394 e. The Hall–Kier alpha value is -0.910. The molecule has 0 amide bonds. The summed E-state index contributed by atoms with van der Waals surface area (Å²) in [4.78, 5) is 2.56. The Bertz CT molecular complexity index is 345. The molecule has 0 atom stereocenters. The Labute approximate surface area is 115 Å². The number of nitrogens with zero attached hydrogens (tertiary/aromatic N) is 3. The van der Waals surface area contributed by atoms with E-state index >= 15 is 0 Å². The smallest absolute Gasteiger partial charge is 0.0640 e. The summed E-state index contributed by atoms with van der Waals surface area (Å²) in [6, 6.07) is 0. The third-order valence-electron chi connectivity index (χ3n) is 3.65. The molecular formula is C14H26N4O. The lowest BCUT2D eigenvalue weighted by molar-refractivity contribution is 0.269. The standard InChI is InChI=1S/C14H26N4O/c19-10-9-18-13-14(12-16-18)11-15-5-8-17-6-3-1-2-4-7-17/h12-13,15,19H,1-11H2. The highest BCUT2D eigenvalue weighted by molar-refractivity contribution is 5.03. The molecule has 1 aromatic heterocycles. The topological polar surface area (TPSA) is 53.3 Å². The highest BCUT2D eigenvalue weighted by Crippen LogP contribution is 2.08. The van der Waals surface area contributed by atoms with Gasteiger partial charge in [-0.1, -0.05) is 12.8 Å². The molecule has 2 N–H and O–H groups in total. The van der Waals surface area contributed by atoms with E-state index in [9.17, 15) is 0 Å². The minimum absolute atomic E-state index is 0.142. The Kier molecular flexibility index (Phi) is 6.33. The molecule has 108 valence electrons. The number of likely N-dealkylation sites (tertiary alicyclic amines) is 1. The molecule has 1 aliphatic rings.